The largest absolute Gasteiger partial charge is 0.351 e. The number of carbonyl (C=O) groups is 2. The summed E-state index contributed by atoms with van der Waals surface area (Å²) in [5.41, 5.74) is 4.81. The van der Waals surface area contributed by atoms with E-state index in [9.17, 15) is 9.59 Å². The first-order valence-corrected chi connectivity index (χ1v) is 11.8. The number of hydrogen-bond acceptors (Lipinski definition) is 5. The van der Waals surface area contributed by atoms with Crippen LogP contribution in [0, 0.1) is 20.8 Å². The lowest BCUT2D eigenvalue weighted by molar-refractivity contribution is -0.123. The van der Waals surface area contributed by atoms with Gasteiger partial charge in [0.2, 0.25) is 5.91 Å². The van der Waals surface area contributed by atoms with Gasteiger partial charge in [-0.3, -0.25) is 14.5 Å². The monoisotopic (exact) mass is 448 g/mol. The molecule has 1 atom stereocenters. The minimum Gasteiger partial charge on any atom is -0.351 e. The van der Waals surface area contributed by atoms with Crippen LogP contribution >= 0.6 is 11.5 Å². The molecule has 1 N–H and O–H groups in total. The van der Waals surface area contributed by atoms with Crippen molar-refractivity contribution < 1.29 is 9.59 Å². The summed E-state index contributed by atoms with van der Waals surface area (Å²) in [4.78, 5) is 29.0. The van der Waals surface area contributed by atoms with E-state index < -0.39 is 6.04 Å². The van der Waals surface area contributed by atoms with Crippen molar-refractivity contribution in [3.05, 3.63) is 75.8 Å². The van der Waals surface area contributed by atoms with Crippen LogP contribution in [0.25, 0.3) is 0 Å². The van der Waals surface area contributed by atoms with Gasteiger partial charge in [-0.15, -0.1) is 5.10 Å². The molecule has 1 aliphatic rings. The molecule has 1 aliphatic carbocycles. The van der Waals surface area contributed by atoms with Gasteiger partial charge in [0.05, 0.1) is 0 Å². The molecule has 1 saturated carbocycles. The van der Waals surface area contributed by atoms with E-state index in [-0.39, 0.29) is 23.6 Å². The molecule has 1 fully saturated rings. The fraction of sp³-hybridized carbons (Fsp3) is 0.360. The normalized spacial score (nSPS) is 14.8. The van der Waals surface area contributed by atoms with Crippen LogP contribution in [0.2, 0.25) is 0 Å². The van der Waals surface area contributed by atoms with E-state index in [1.165, 1.54) is 0 Å². The third kappa shape index (κ3) is 4.72. The van der Waals surface area contributed by atoms with E-state index in [1.807, 2.05) is 63.2 Å². The highest BCUT2D eigenvalue weighted by Crippen LogP contribution is 2.33. The van der Waals surface area contributed by atoms with E-state index in [2.05, 4.69) is 14.9 Å². The molecule has 0 bridgehead atoms. The molecule has 0 spiro atoms. The number of benzene rings is 2. The fourth-order valence-corrected chi connectivity index (χ4v) is 4.77. The van der Waals surface area contributed by atoms with Gasteiger partial charge in [-0.2, -0.15) is 0 Å². The quantitative estimate of drug-likeness (QED) is 0.581. The molecule has 0 aliphatic heterocycles. The Morgan fingerprint density at radius 2 is 1.72 bits per heavy atom. The van der Waals surface area contributed by atoms with Gasteiger partial charge in [0.15, 0.2) is 5.69 Å². The van der Waals surface area contributed by atoms with Crippen LogP contribution < -0.4 is 10.2 Å². The second-order valence-electron chi connectivity index (χ2n) is 8.56. The number of anilines is 1. The van der Waals surface area contributed by atoms with Crippen LogP contribution in [-0.4, -0.2) is 27.4 Å². The summed E-state index contributed by atoms with van der Waals surface area (Å²) >= 11 is 1.12. The van der Waals surface area contributed by atoms with Gasteiger partial charge in [-0.05, 0) is 62.3 Å². The number of hydrogen-bond donors (Lipinski definition) is 1. The third-order valence-electron chi connectivity index (χ3n) is 6.01. The third-order valence-corrected chi connectivity index (χ3v) is 6.52. The molecule has 3 aromatic rings. The van der Waals surface area contributed by atoms with Crippen molar-refractivity contribution in [1.82, 2.24) is 14.9 Å². The summed E-state index contributed by atoms with van der Waals surface area (Å²) in [6, 6.07) is 13.0. The minimum atomic E-state index is -0.813. The molecule has 4 rings (SSSR count). The van der Waals surface area contributed by atoms with E-state index in [0.29, 0.717) is 5.69 Å². The molecule has 2 amide bonds. The zero-order valence-corrected chi connectivity index (χ0v) is 19.5. The Bertz CT molecular complexity index is 1090. The van der Waals surface area contributed by atoms with Crippen molar-refractivity contribution in [1.29, 1.82) is 0 Å². The van der Waals surface area contributed by atoms with Crippen LogP contribution in [0.15, 0.2) is 47.8 Å². The molecule has 1 aromatic heterocycles. The lowest BCUT2D eigenvalue weighted by atomic mass is 9.99. The maximum absolute atomic E-state index is 13.7. The molecule has 0 saturated heterocycles. The van der Waals surface area contributed by atoms with E-state index in [1.54, 1.807) is 10.3 Å². The molecule has 32 heavy (non-hydrogen) atoms. The second kappa shape index (κ2) is 9.61. The van der Waals surface area contributed by atoms with E-state index in [4.69, 9.17) is 0 Å². The van der Waals surface area contributed by atoms with Crippen molar-refractivity contribution in [2.24, 2.45) is 0 Å². The Hall–Kier alpha value is -3.06. The molecule has 7 heteroatoms. The molecular formula is C25H28N4O2S. The number of aryl methyl sites for hydroxylation is 3. The average molecular weight is 449 g/mol. The zero-order valence-electron chi connectivity index (χ0n) is 18.7. The molecule has 0 radical (unpaired) electrons. The van der Waals surface area contributed by atoms with Gasteiger partial charge in [-0.1, -0.05) is 64.9 Å². The smallest absolute Gasteiger partial charge is 0.280 e. The van der Waals surface area contributed by atoms with Gasteiger partial charge >= 0.3 is 0 Å². The van der Waals surface area contributed by atoms with Crippen molar-refractivity contribution in [3.8, 4) is 0 Å². The summed E-state index contributed by atoms with van der Waals surface area (Å²) in [5.74, 6) is -0.505. The maximum atomic E-state index is 13.7. The topological polar surface area (TPSA) is 75.2 Å². The minimum absolute atomic E-state index is 0.146. The summed E-state index contributed by atoms with van der Waals surface area (Å²) in [5, 5.41) is 8.84. The van der Waals surface area contributed by atoms with Gasteiger partial charge < -0.3 is 5.32 Å². The van der Waals surface area contributed by atoms with Gasteiger partial charge in [-0.25, -0.2) is 0 Å². The number of amides is 2. The first-order chi connectivity index (χ1) is 15.4. The highest BCUT2D eigenvalue weighted by molar-refractivity contribution is 7.03. The average Bonchev–Trinajstić information content (AvgIpc) is 3.47. The Kier molecular flexibility index (Phi) is 6.65. The van der Waals surface area contributed by atoms with Crippen molar-refractivity contribution in [2.75, 3.05) is 4.90 Å². The zero-order chi connectivity index (χ0) is 22.7. The van der Waals surface area contributed by atoms with Crippen LogP contribution in [-0.2, 0) is 4.79 Å². The van der Waals surface area contributed by atoms with Gasteiger partial charge in [0, 0.05) is 17.1 Å². The summed E-state index contributed by atoms with van der Waals surface area (Å²) in [6.45, 7) is 5.98. The Balaban J connectivity index is 1.83. The van der Waals surface area contributed by atoms with Gasteiger partial charge in [0.1, 0.15) is 6.04 Å². The van der Waals surface area contributed by atoms with Crippen molar-refractivity contribution in [2.45, 2.75) is 58.5 Å². The Morgan fingerprint density at radius 3 is 2.34 bits per heavy atom. The molecule has 166 valence electrons. The lowest BCUT2D eigenvalue weighted by Gasteiger charge is -2.33. The summed E-state index contributed by atoms with van der Waals surface area (Å²) in [7, 11) is 0. The molecule has 1 heterocycles. The first-order valence-electron chi connectivity index (χ1n) is 11.0. The highest BCUT2D eigenvalue weighted by atomic mass is 32.1. The Morgan fingerprint density at radius 1 is 1.03 bits per heavy atom. The standard InChI is InChI=1S/C25H28N4O2S/c1-16-8-11-19(12-9-16)23(24(30)26-20-6-4-5-7-20)29(25(31)21-15-32-28-27-21)22-13-10-17(2)14-18(22)3/h8-15,20,23H,4-7H2,1-3H3,(H,26,30)/t23-/m0/s1. The number of carbonyl (C=O) groups excluding carboxylic acids is 2. The van der Waals surface area contributed by atoms with Crippen molar-refractivity contribution >= 4 is 29.0 Å². The maximum Gasteiger partial charge on any atom is 0.280 e. The van der Waals surface area contributed by atoms with Gasteiger partial charge in [0.25, 0.3) is 5.91 Å². The molecule has 2 aromatic carbocycles. The SMILES string of the molecule is Cc1ccc([C@@H](C(=O)NC2CCCC2)N(C(=O)c2csnn2)c2ccc(C)cc2C)cc1. The van der Waals surface area contributed by atoms with Crippen molar-refractivity contribution in [3.63, 3.8) is 0 Å². The number of aromatic nitrogens is 2. The van der Waals surface area contributed by atoms with Crippen LogP contribution in [0.3, 0.4) is 0 Å². The van der Waals surface area contributed by atoms with Crippen LogP contribution in [0.1, 0.15) is 64.5 Å². The molecule has 0 unspecified atom stereocenters. The second-order valence-corrected chi connectivity index (χ2v) is 9.17. The molecular weight excluding hydrogens is 420 g/mol. The molecule has 6 nitrogen and oxygen atoms in total. The summed E-state index contributed by atoms with van der Waals surface area (Å²) < 4.78 is 3.87. The van der Waals surface area contributed by atoms with E-state index in [0.717, 1.165) is 59.5 Å². The Labute approximate surface area is 192 Å². The lowest BCUT2D eigenvalue weighted by Crippen LogP contribution is -2.46. The highest BCUT2D eigenvalue weighted by Gasteiger charge is 2.36. The van der Waals surface area contributed by atoms with Crippen LogP contribution in [0.5, 0.6) is 0 Å². The van der Waals surface area contributed by atoms with Crippen LogP contribution in [0.4, 0.5) is 5.69 Å². The van der Waals surface area contributed by atoms with E-state index >= 15 is 0 Å². The predicted octanol–water partition coefficient (Wildman–Crippen LogP) is 4.91. The number of nitrogens with one attached hydrogen (secondary N) is 1. The number of nitrogens with zero attached hydrogens (tertiary/aromatic N) is 3. The first kappa shape index (κ1) is 22.1. The predicted molar refractivity (Wildman–Crippen MR) is 127 cm³/mol. The number of rotatable bonds is 6. The fourth-order valence-electron chi connectivity index (χ4n) is 4.34. The summed E-state index contributed by atoms with van der Waals surface area (Å²) in [6.07, 6.45) is 4.18.